The van der Waals surface area contributed by atoms with Crippen LogP contribution in [0.1, 0.15) is 18.1 Å². The quantitative estimate of drug-likeness (QED) is 0.485. The molecule has 3 rings (SSSR count). The Balaban J connectivity index is 1.98. The summed E-state index contributed by atoms with van der Waals surface area (Å²) in [7, 11) is 0. The van der Waals surface area contributed by atoms with Crippen LogP contribution in [0.15, 0.2) is 50.9 Å². The van der Waals surface area contributed by atoms with Gasteiger partial charge in [-0.1, -0.05) is 22.0 Å². The first-order valence-corrected chi connectivity index (χ1v) is 10.0. The number of anilines is 1. The average molecular weight is 508 g/mol. The van der Waals surface area contributed by atoms with E-state index >= 15 is 0 Å². The Hall–Kier alpha value is -2.45. The fraction of sp³-hybridized carbons (Fsp3) is 0.150. The van der Waals surface area contributed by atoms with Crippen molar-refractivity contribution in [3.63, 3.8) is 0 Å². The molecule has 2 aromatic rings. The number of barbiturate groups is 1. The van der Waals surface area contributed by atoms with E-state index in [2.05, 4.69) is 37.2 Å². The summed E-state index contributed by atoms with van der Waals surface area (Å²) in [6, 6.07) is 9.51. The van der Waals surface area contributed by atoms with E-state index in [1.807, 2.05) is 13.8 Å². The summed E-state index contributed by atoms with van der Waals surface area (Å²) >= 11 is 6.80. The van der Waals surface area contributed by atoms with Crippen LogP contribution in [0.3, 0.4) is 0 Å². The second-order valence-corrected chi connectivity index (χ2v) is 7.72. The normalized spacial score (nSPS) is 15.8. The van der Waals surface area contributed by atoms with Crippen LogP contribution in [-0.4, -0.2) is 24.5 Å². The number of nitrogens with zero attached hydrogens (tertiary/aromatic N) is 1. The van der Waals surface area contributed by atoms with E-state index in [9.17, 15) is 14.4 Å². The molecule has 0 unspecified atom stereocenters. The van der Waals surface area contributed by atoms with Crippen molar-refractivity contribution in [1.29, 1.82) is 0 Å². The Bertz CT molecular complexity index is 1020. The number of hydrogen-bond acceptors (Lipinski definition) is 4. The van der Waals surface area contributed by atoms with Gasteiger partial charge < -0.3 is 4.74 Å². The number of ether oxygens (including phenoxy) is 1. The summed E-state index contributed by atoms with van der Waals surface area (Å²) in [5, 5.41) is 2.22. The highest BCUT2D eigenvalue weighted by Crippen LogP contribution is 2.29. The molecule has 1 aliphatic rings. The average Bonchev–Trinajstić information content (AvgIpc) is 2.63. The highest BCUT2D eigenvalue weighted by Gasteiger charge is 2.36. The number of amides is 4. The monoisotopic (exact) mass is 506 g/mol. The molecule has 0 saturated carbocycles. The van der Waals surface area contributed by atoms with Gasteiger partial charge in [0.1, 0.15) is 11.3 Å². The van der Waals surface area contributed by atoms with Crippen LogP contribution in [0.4, 0.5) is 10.5 Å². The molecule has 1 fully saturated rings. The molecule has 0 atom stereocenters. The Morgan fingerprint density at radius 3 is 2.46 bits per heavy atom. The Morgan fingerprint density at radius 1 is 1.07 bits per heavy atom. The van der Waals surface area contributed by atoms with Gasteiger partial charge in [0.05, 0.1) is 16.8 Å². The minimum Gasteiger partial charge on any atom is -0.493 e. The van der Waals surface area contributed by atoms with Crippen molar-refractivity contribution in [1.82, 2.24) is 5.32 Å². The zero-order chi connectivity index (χ0) is 20.4. The van der Waals surface area contributed by atoms with E-state index in [1.165, 1.54) is 6.08 Å². The van der Waals surface area contributed by atoms with Gasteiger partial charge in [0.25, 0.3) is 11.8 Å². The molecule has 6 nitrogen and oxygen atoms in total. The smallest absolute Gasteiger partial charge is 0.335 e. The van der Waals surface area contributed by atoms with E-state index in [0.717, 1.165) is 14.9 Å². The van der Waals surface area contributed by atoms with Crippen molar-refractivity contribution in [3.05, 3.63) is 62.0 Å². The number of rotatable bonds is 4. The predicted molar refractivity (Wildman–Crippen MR) is 113 cm³/mol. The number of nitrogens with one attached hydrogen (secondary N) is 1. The summed E-state index contributed by atoms with van der Waals surface area (Å²) in [5.41, 5.74) is 1.73. The van der Waals surface area contributed by atoms with Crippen molar-refractivity contribution < 1.29 is 19.1 Å². The second-order valence-electron chi connectivity index (χ2n) is 6.01. The number of carbonyl (C=O) groups is 3. The zero-order valence-electron chi connectivity index (χ0n) is 15.1. The molecule has 0 spiro atoms. The molecular formula is C20H16Br2N2O4. The van der Waals surface area contributed by atoms with Gasteiger partial charge in [0, 0.05) is 4.47 Å². The number of hydrogen-bond donors (Lipinski definition) is 1. The van der Waals surface area contributed by atoms with Gasteiger partial charge >= 0.3 is 6.03 Å². The topological polar surface area (TPSA) is 75.7 Å². The van der Waals surface area contributed by atoms with Crippen LogP contribution in [-0.2, 0) is 9.59 Å². The molecule has 28 heavy (non-hydrogen) atoms. The van der Waals surface area contributed by atoms with Gasteiger partial charge in [-0.3, -0.25) is 14.9 Å². The Kier molecular flexibility index (Phi) is 6.00. The van der Waals surface area contributed by atoms with E-state index in [0.29, 0.717) is 28.1 Å². The molecule has 4 amide bonds. The standard InChI is InChI=1S/C20H16Br2N2O4/c1-3-28-17-7-4-12(10-16(17)22)9-14-18(25)23-20(27)24(19(14)26)13-5-6-15(21)11(2)8-13/h4-10H,3H2,1-2H3,(H,23,25,27)/b14-9+. The van der Waals surface area contributed by atoms with Gasteiger partial charge in [-0.25, -0.2) is 9.69 Å². The molecule has 2 aromatic carbocycles. The molecule has 0 bridgehead atoms. The summed E-state index contributed by atoms with van der Waals surface area (Å²) in [6.45, 7) is 4.24. The lowest BCUT2D eigenvalue weighted by Crippen LogP contribution is -2.54. The van der Waals surface area contributed by atoms with Crippen LogP contribution in [0.5, 0.6) is 5.75 Å². The highest BCUT2D eigenvalue weighted by atomic mass is 79.9. The first kappa shape index (κ1) is 20.3. The largest absolute Gasteiger partial charge is 0.493 e. The van der Waals surface area contributed by atoms with Crippen LogP contribution in [0, 0.1) is 6.92 Å². The number of urea groups is 1. The van der Waals surface area contributed by atoms with Crippen molar-refractivity contribution in [2.24, 2.45) is 0 Å². The van der Waals surface area contributed by atoms with E-state index in [4.69, 9.17) is 4.74 Å². The van der Waals surface area contributed by atoms with Crippen molar-refractivity contribution in [2.45, 2.75) is 13.8 Å². The zero-order valence-corrected chi connectivity index (χ0v) is 18.3. The lowest BCUT2D eigenvalue weighted by Gasteiger charge is -2.26. The Morgan fingerprint density at radius 2 is 1.82 bits per heavy atom. The third kappa shape index (κ3) is 4.02. The summed E-state index contributed by atoms with van der Waals surface area (Å²) in [6.07, 6.45) is 1.45. The molecule has 1 N–H and O–H groups in total. The molecule has 0 radical (unpaired) electrons. The highest BCUT2D eigenvalue weighted by molar-refractivity contribution is 9.10. The van der Waals surface area contributed by atoms with Gasteiger partial charge in [-0.05, 0) is 77.3 Å². The van der Waals surface area contributed by atoms with Gasteiger partial charge in [-0.2, -0.15) is 0 Å². The van der Waals surface area contributed by atoms with Gasteiger partial charge in [-0.15, -0.1) is 0 Å². The third-order valence-corrected chi connectivity index (χ3v) is 5.58. The molecule has 0 aromatic heterocycles. The first-order valence-electron chi connectivity index (χ1n) is 8.41. The predicted octanol–water partition coefficient (Wildman–Crippen LogP) is 4.59. The lowest BCUT2D eigenvalue weighted by molar-refractivity contribution is -0.122. The molecular weight excluding hydrogens is 492 g/mol. The fourth-order valence-electron chi connectivity index (χ4n) is 2.71. The number of aryl methyl sites for hydroxylation is 1. The summed E-state index contributed by atoms with van der Waals surface area (Å²) in [4.78, 5) is 38.5. The SMILES string of the molecule is CCOc1ccc(/C=C2\C(=O)NC(=O)N(c3ccc(Br)c(C)c3)C2=O)cc1Br. The fourth-order valence-corrected chi connectivity index (χ4v) is 3.46. The molecule has 1 heterocycles. The number of halogens is 2. The van der Waals surface area contributed by atoms with Crippen molar-refractivity contribution in [3.8, 4) is 5.75 Å². The van der Waals surface area contributed by atoms with E-state index in [-0.39, 0.29) is 5.57 Å². The molecule has 0 aliphatic carbocycles. The number of carbonyl (C=O) groups excluding carboxylic acids is 3. The third-order valence-electron chi connectivity index (χ3n) is 4.07. The van der Waals surface area contributed by atoms with Gasteiger partial charge in [0.2, 0.25) is 0 Å². The van der Waals surface area contributed by atoms with Crippen molar-refractivity contribution in [2.75, 3.05) is 11.5 Å². The number of imide groups is 2. The molecule has 8 heteroatoms. The maximum Gasteiger partial charge on any atom is 0.335 e. The minimum absolute atomic E-state index is 0.128. The van der Waals surface area contributed by atoms with Crippen molar-refractivity contribution >= 4 is 61.5 Å². The second kappa shape index (κ2) is 8.28. The van der Waals surface area contributed by atoms with E-state index in [1.54, 1.807) is 36.4 Å². The summed E-state index contributed by atoms with van der Waals surface area (Å²) in [5.74, 6) is -0.753. The molecule has 1 saturated heterocycles. The lowest BCUT2D eigenvalue weighted by atomic mass is 10.1. The summed E-state index contributed by atoms with van der Waals surface area (Å²) < 4.78 is 7.02. The van der Waals surface area contributed by atoms with Crippen LogP contribution < -0.4 is 15.0 Å². The molecule has 1 aliphatic heterocycles. The number of benzene rings is 2. The Labute approximate surface area is 178 Å². The van der Waals surface area contributed by atoms with Crippen LogP contribution in [0.2, 0.25) is 0 Å². The van der Waals surface area contributed by atoms with Crippen LogP contribution in [0.25, 0.3) is 6.08 Å². The maximum atomic E-state index is 12.9. The minimum atomic E-state index is -0.776. The first-order chi connectivity index (χ1) is 13.3. The van der Waals surface area contributed by atoms with E-state index < -0.39 is 17.8 Å². The molecule has 144 valence electrons. The maximum absolute atomic E-state index is 12.9. The van der Waals surface area contributed by atoms with Crippen LogP contribution >= 0.6 is 31.9 Å². The van der Waals surface area contributed by atoms with Gasteiger partial charge in [0.15, 0.2) is 0 Å².